The molecule has 24 heavy (non-hydrogen) atoms. The van der Waals surface area contributed by atoms with Crippen LogP contribution < -0.4 is 4.74 Å². The predicted molar refractivity (Wildman–Crippen MR) is 95.0 cm³/mol. The second-order valence-corrected chi connectivity index (χ2v) is 9.28. The molecule has 1 heterocycles. The van der Waals surface area contributed by atoms with E-state index in [1.54, 1.807) is 4.90 Å². The van der Waals surface area contributed by atoms with Gasteiger partial charge in [0.15, 0.2) is 16.4 Å². The number of carbonyl (C=O) groups excluding carboxylic acids is 1. The van der Waals surface area contributed by atoms with Crippen LogP contribution in [0, 0.1) is 19.8 Å². The lowest BCUT2D eigenvalue weighted by Gasteiger charge is -2.30. The molecule has 6 heteroatoms. The average Bonchev–Trinajstić information content (AvgIpc) is 2.83. The highest BCUT2D eigenvalue weighted by molar-refractivity contribution is 7.91. The molecule has 1 atom stereocenters. The fourth-order valence-corrected chi connectivity index (χ4v) is 4.78. The highest BCUT2D eigenvalue weighted by atomic mass is 32.2. The van der Waals surface area contributed by atoms with Crippen molar-refractivity contribution in [2.24, 2.45) is 5.92 Å². The predicted octanol–water partition coefficient (Wildman–Crippen LogP) is 2.35. The third-order valence-electron chi connectivity index (χ3n) is 4.21. The van der Waals surface area contributed by atoms with Gasteiger partial charge < -0.3 is 9.64 Å². The Morgan fingerprint density at radius 2 is 2.04 bits per heavy atom. The monoisotopic (exact) mass is 353 g/mol. The second kappa shape index (κ2) is 7.55. The summed E-state index contributed by atoms with van der Waals surface area (Å²) in [7, 11) is -3.02. The van der Waals surface area contributed by atoms with E-state index in [0.717, 1.165) is 11.1 Å². The molecular weight excluding hydrogens is 326 g/mol. The number of nitrogens with zero attached hydrogens (tertiary/aromatic N) is 1. The van der Waals surface area contributed by atoms with Gasteiger partial charge >= 0.3 is 0 Å². The van der Waals surface area contributed by atoms with Crippen molar-refractivity contribution in [3.8, 4) is 5.75 Å². The van der Waals surface area contributed by atoms with Crippen LogP contribution in [0.15, 0.2) is 18.2 Å². The second-order valence-electron chi connectivity index (χ2n) is 7.05. The molecule has 0 aromatic heterocycles. The maximum absolute atomic E-state index is 12.6. The van der Waals surface area contributed by atoms with Crippen molar-refractivity contribution in [3.63, 3.8) is 0 Å². The Bertz CT molecular complexity index is 697. The molecule has 0 N–H and O–H groups in total. The number of benzene rings is 1. The van der Waals surface area contributed by atoms with E-state index in [-0.39, 0.29) is 36.0 Å². The van der Waals surface area contributed by atoms with E-state index in [4.69, 9.17) is 4.74 Å². The van der Waals surface area contributed by atoms with E-state index in [0.29, 0.717) is 18.7 Å². The molecule has 1 aromatic rings. The SMILES string of the molecule is Cc1ccc(OCC(=O)N(CC(C)C)[C@H]2CCS(=O)(=O)C2)c(C)c1. The lowest BCUT2D eigenvalue weighted by Crippen LogP contribution is -2.45. The van der Waals surface area contributed by atoms with Gasteiger partial charge in [0.25, 0.3) is 5.91 Å². The van der Waals surface area contributed by atoms with Crippen molar-refractivity contribution in [3.05, 3.63) is 29.3 Å². The summed E-state index contributed by atoms with van der Waals surface area (Å²) >= 11 is 0. The average molecular weight is 353 g/mol. The van der Waals surface area contributed by atoms with Gasteiger partial charge in [-0.1, -0.05) is 31.5 Å². The third-order valence-corrected chi connectivity index (χ3v) is 5.96. The summed E-state index contributed by atoms with van der Waals surface area (Å²) in [6, 6.07) is 5.59. The standard InChI is InChI=1S/C18H27NO4S/c1-13(2)10-19(16-7-8-24(21,22)12-16)18(20)11-23-17-6-5-14(3)9-15(17)4/h5-6,9,13,16H,7-8,10-12H2,1-4H3/t16-/m0/s1. The molecule has 0 spiro atoms. The first kappa shape index (κ1) is 18.8. The summed E-state index contributed by atoms with van der Waals surface area (Å²) in [5, 5.41) is 0. The summed E-state index contributed by atoms with van der Waals surface area (Å²) in [6.45, 7) is 8.49. The first-order valence-corrected chi connectivity index (χ1v) is 10.2. The van der Waals surface area contributed by atoms with Crippen LogP contribution in [-0.4, -0.2) is 49.9 Å². The number of ether oxygens (including phenoxy) is 1. The molecule has 0 unspecified atom stereocenters. The van der Waals surface area contributed by atoms with Crippen molar-refractivity contribution in [2.45, 2.75) is 40.2 Å². The Labute approximate surface area is 144 Å². The summed E-state index contributed by atoms with van der Waals surface area (Å²) < 4.78 is 29.2. The van der Waals surface area contributed by atoms with Gasteiger partial charge in [-0.25, -0.2) is 8.42 Å². The largest absolute Gasteiger partial charge is 0.484 e. The van der Waals surface area contributed by atoms with Gasteiger partial charge in [0, 0.05) is 12.6 Å². The van der Waals surface area contributed by atoms with Crippen LogP contribution in [0.5, 0.6) is 5.75 Å². The van der Waals surface area contributed by atoms with E-state index < -0.39 is 9.84 Å². The Hall–Kier alpha value is -1.56. The lowest BCUT2D eigenvalue weighted by molar-refractivity contribution is -0.135. The van der Waals surface area contributed by atoms with Gasteiger partial charge in [-0.15, -0.1) is 0 Å². The number of carbonyl (C=O) groups is 1. The molecule has 5 nitrogen and oxygen atoms in total. The molecule has 0 saturated carbocycles. The molecule has 1 aliphatic heterocycles. The van der Waals surface area contributed by atoms with E-state index in [2.05, 4.69) is 0 Å². The molecule has 2 rings (SSSR count). The Morgan fingerprint density at radius 1 is 1.33 bits per heavy atom. The number of sulfone groups is 1. The number of amides is 1. The highest BCUT2D eigenvalue weighted by Gasteiger charge is 2.34. The van der Waals surface area contributed by atoms with Gasteiger partial charge in [-0.05, 0) is 37.8 Å². The molecule has 0 radical (unpaired) electrons. The van der Waals surface area contributed by atoms with Crippen LogP contribution in [0.3, 0.4) is 0 Å². The molecule has 1 aliphatic rings. The Morgan fingerprint density at radius 3 is 2.58 bits per heavy atom. The topological polar surface area (TPSA) is 63.7 Å². The molecule has 134 valence electrons. The van der Waals surface area contributed by atoms with Crippen LogP contribution in [0.4, 0.5) is 0 Å². The first-order valence-electron chi connectivity index (χ1n) is 8.38. The van der Waals surface area contributed by atoms with Crippen LogP contribution in [0.2, 0.25) is 0 Å². The normalized spacial score (nSPS) is 19.5. The third kappa shape index (κ3) is 4.97. The van der Waals surface area contributed by atoms with Crippen molar-refractivity contribution in [1.29, 1.82) is 0 Å². The minimum atomic E-state index is -3.02. The quantitative estimate of drug-likeness (QED) is 0.787. The van der Waals surface area contributed by atoms with E-state index in [1.807, 2.05) is 45.9 Å². The van der Waals surface area contributed by atoms with Crippen molar-refractivity contribution in [2.75, 3.05) is 24.7 Å². The van der Waals surface area contributed by atoms with Crippen LogP contribution in [-0.2, 0) is 14.6 Å². The molecule has 1 saturated heterocycles. The zero-order valence-corrected chi connectivity index (χ0v) is 15.7. The number of hydrogen-bond donors (Lipinski definition) is 0. The van der Waals surface area contributed by atoms with Crippen molar-refractivity contribution >= 4 is 15.7 Å². The minimum absolute atomic E-state index is 0.0623. The number of aryl methyl sites for hydroxylation is 2. The zero-order chi connectivity index (χ0) is 17.9. The summed E-state index contributed by atoms with van der Waals surface area (Å²) in [5.41, 5.74) is 2.13. The Kier molecular flexibility index (Phi) is 5.91. The maximum Gasteiger partial charge on any atom is 0.260 e. The molecule has 0 bridgehead atoms. The van der Waals surface area contributed by atoms with E-state index >= 15 is 0 Å². The van der Waals surface area contributed by atoms with Gasteiger partial charge in [0.05, 0.1) is 11.5 Å². The van der Waals surface area contributed by atoms with Gasteiger partial charge in [0.2, 0.25) is 0 Å². The van der Waals surface area contributed by atoms with Gasteiger partial charge in [-0.2, -0.15) is 0 Å². The lowest BCUT2D eigenvalue weighted by atomic mass is 10.1. The molecule has 1 fully saturated rings. The minimum Gasteiger partial charge on any atom is -0.484 e. The number of rotatable bonds is 6. The molecule has 0 aliphatic carbocycles. The molecule has 1 aromatic carbocycles. The van der Waals surface area contributed by atoms with Crippen LogP contribution in [0.25, 0.3) is 0 Å². The maximum atomic E-state index is 12.6. The van der Waals surface area contributed by atoms with E-state index in [1.165, 1.54) is 0 Å². The van der Waals surface area contributed by atoms with Crippen molar-refractivity contribution < 1.29 is 17.9 Å². The summed E-state index contributed by atoms with van der Waals surface area (Å²) in [4.78, 5) is 14.3. The van der Waals surface area contributed by atoms with E-state index in [9.17, 15) is 13.2 Å². The van der Waals surface area contributed by atoms with Crippen molar-refractivity contribution in [1.82, 2.24) is 4.90 Å². The molecular formula is C18H27NO4S. The first-order chi connectivity index (χ1) is 11.2. The van der Waals surface area contributed by atoms with Crippen LogP contribution in [0.1, 0.15) is 31.4 Å². The summed E-state index contributed by atoms with van der Waals surface area (Å²) in [6.07, 6.45) is 0.518. The highest BCUT2D eigenvalue weighted by Crippen LogP contribution is 2.21. The fourth-order valence-electron chi connectivity index (χ4n) is 3.05. The zero-order valence-electron chi connectivity index (χ0n) is 14.9. The summed E-state index contributed by atoms with van der Waals surface area (Å²) in [5.74, 6) is 1.05. The number of hydrogen-bond acceptors (Lipinski definition) is 4. The fraction of sp³-hybridized carbons (Fsp3) is 0.611. The molecule has 1 amide bonds. The van der Waals surface area contributed by atoms with Gasteiger partial charge in [0.1, 0.15) is 5.75 Å². The van der Waals surface area contributed by atoms with Crippen LogP contribution >= 0.6 is 0 Å². The van der Waals surface area contributed by atoms with Gasteiger partial charge in [-0.3, -0.25) is 4.79 Å². The Balaban J connectivity index is 2.05. The smallest absolute Gasteiger partial charge is 0.260 e.